The van der Waals surface area contributed by atoms with E-state index in [4.69, 9.17) is 5.11 Å². The van der Waals surface area contributed by atoms with Crippen molar-refractivity contribution in [2.75, 3.05) is 12.3 Å². The molecule has 1 aromatic rings. The van der Waals surface area contributed by atoms with Gasteiger partial charge < -0.3 is 15.5 Å². The van der Waals surface area contributed by atoms with E-state index in [-0.39, 0.29) is 23.8 Å². The number of carbonyl (C=O) groups excluding carboxylic acids is 1. The minimum atomic E-state index is -0.863. The van der Waals surface area contributed by atoms with Crippen LogP contribution >= 0.6 is 11.8 Å². The number of benzene rings is 1. The van der Waals surface area contributed by atoms with Crippen molar-refractivity contribution < 1.29 is 19.8 Å². The number of rotatable bonds is 7. The zero-order valence-corrected chi connectivity index (χ0v) is 10.6. The number of aromatic hydroxyl groups is 1. The lowest BCUT2D eigenvalue weighted by Crippen LogP contribution is -2.26. The van der Waals surface area contributed by atoms with Crippen molar-refractivity contribution in [1.82, 2.24) is 5.32 Å². The highest BCUT2D eigenvalue weighted by Gasteiger charge is 2.03. The van der Waals surface area contributed by atoms with Crippen LogP contribution in [0.5, 0.6) is 5.75 Å². The first-order valence-corrected chi connectivity index (χ1v) is 6.47. The summed E-state index contributed by atoms with van der Waals surface area (Å²) in [5.41, 5.74) is 0. The van der Waals surface area contributed by atoms with Crippen LogP contribution in [0.4, 0.5) is 0 Å². The predicted octanol–water partition coefficient (Wildman–Crippen LogP) is 1.47. The Morgan fingerprint density at radius 3 is 2.78 bits per heavy atom. The lowest BCUT2D eigenvalue weighted by Gasteiger charge is -2.04. The SMILES string of the molecule is O=C(O)CCCNC(=O)CSc1cccc(O)c1. The molecular weight excluding hydrogens is 254 g/mol. The van der Waals surface area contributed by atoms with Gasteiger partial charge in [0.05, 0.1) is 5.75 Å². The Morgan fingerprint density at radius 2 is 2.11 bits per heavy atom. The van der Waals surface area contributed by atoms with Gasteiger partial charge in [0.25, 0.3) is 0 Å². The summed E-state index contributed by atoms with van der Waals surface area (Å²) in [5, 5.41) is 20.3. The van der Waals surface area contributed by atoms with Crippen molar-refractivity contribution in [3.63, 3.8) is 0 Å². The van der Waals surface area contributed by atoms with E-state index in [1.54, 1.807) is 18.2 Å². The molecule has 0 aromatic heterocycles. The zero-order valence-electron chi connectivity index (χ0n) is 9.76. The van der Waals surface area contributed by atoms with Crippen molar-refractivity contribution in [3.05, 3.63) is 24.3 Å². The molecule has 1 aromatic carbocycles. The molecule has 98 valence electrons. The molecule has 1 amide bonds. The minimum absolute atomic E-state index is 0.0555. The molecule has 0 aliphatic heterocycles. The van der Waals surface area contributed by atoms with Crippen molar-refractivity contribution in [2.24, 2.45) is 0 Å². The highest BCUT2D eigenvalue weighted by atomic mass is 32.2. The third-order valence-electron chi connectivity index (χ3n) is 2.08. The number of phenolic OH excluding ortho intramolecular Hbond substituents is 1. The number of thioether (sulfide) groups is 1. The second-order valence-corrected chi connectivity index (χ2v) is 4.68. The second-order valence-electron chi connectivity index (χ2n) is 3.63. The molecule has 0 unspecified atom stereocenters. The van der Waals surface area contributed by atoms with Gasteiger partial charge in [-0.05, 0) is 24.6 Å². The van der Waals surface area contributed by atoms with Gasteiger partial charge in [0.15, 0.2) is 0 Å². The smallest absolute Gasteiger partial charge is 0.303 e. The topological polar surface area (TPSA) is 86.6 Å². The minimum Gasteiger partial charge on any atom is -0.508 e. The van der Waals surface area contributed by atoms with E-state index in [2.05, 4.69) is 5.32 Å². The van der Waals surface area contributed by atoms with Gasteiger partial charge in [0, 0.05) is 17.9 Å². The van der Waals surface area contributed by atoms with Crippen molar-refractivity contribution in [3.8, 4) is 5.75 Å². The van der Waals surface area contributed by atoms with E-state index in [0.29, 0.717) is 13.0 Å². The summed E-state index contributed by atoms with van der Waals surface area (Å²) < 4.78 is 0. The first-order chi connectivity index (χ1) is 8.58. The summed E-state index contributed by atoms with van der Waals surface area (Å²) in [5.74, 6) is -0.592. The average molecular weight is 269 g/mol. The Kier molecular flexibility index (Phi) is 6.07. The van der Waals surface area contributed by atoms with Gasteiger partial charge in [-0.2, -0.15) is 0 Å². The standard InChI is InChI=1S/C12H15NO4S/c14-9-3-1-4-10(7-9)18-8-11(15)13-6-2-5-12(16)17/h1,3-4,7,14H,2,5-6,8H2,(H,13,15)(H,16,17). The molecular formula is C12H15NO4S. The number of hydrogen-bond donors (Lipinski definition) is 3. The molecule has 6 heteroatoms. The van der Waals surface area contributed by atoms with Crippen LogP contribution in [0.3, 0.4) is 0 Å². The second kappa shape index (κ2) is 7.60. The predicted molar refractivity (Wildman–Crippen MR) is 68.7 cm³/mol. The lowest BCUT2D eigenvalue weighted by atomic mass is 10.3. The van der Waals surface area contributed by atoms with Crippen LogP contribution in [-0.2, 0) is 9.59 Å². The van der Waals surface area contributed by atoms with Crippen LogP contribution in [0.2, 0.25) is 0 Å². The van der Waals surface area contributed by atoms with E-state index in [9.17, 15) is 14.7 Å². The largest absolute Gasteiger partial charge is 0.508 e. The fourth-order valence-corrected chi connectivity index (χ4v) is 2.02. The number of phenols is 1. The van der Waals surface area contributed by atoms with Crippen LogP contribution < -0.4 is 5.32 Å². The maximum Gasteiger partial charge on any atom is 0.303 e. The van der Waals surface area contributed by atoms with Crippen LogP contribution in [0.1, 0.15) is 12.8 Å². The van der Waals surface area contributed by atoms with Crippen LogP contribution in [-0.4, -0.2) is 34.4 Å². The van der Waals surface area contributed by atoms with E-state index in [0.717, 1.165) is 4.90 Å². The molecule has 0 atom stereocenters. The fourth-order valence-electron chi connectivity index (χ4n) is 1.24. The molecule has 0 fully saturated rings. The number of carboxylic acids is 1. The van der Waals surface area contributed by atoms with Crippen molar-refractivity contribution in [2.45, 2.75) is 17.7 Å². The summed E-state index contributed by atoms with van der Waals surface area (Å²) in [6, 6.07) is 6.67. The van der Waals surface area contributed by atoms with E-state index in [1.165, 1.54) is 11.8 Å². The highest BCUT2D eigenvalue weighted by Crippen LogP contribution is 2.21. The normalized spacial score (nSPS) is 10.0. The molecule has 3 N–H and O–H groups in total. The quantitative estimate of drug-likeness (QED) is 0.515. The summed E-state index contributed by atoms with van der Waals surface area (Å²) >= 11 is 1.32. The van der Waals surface area contributed by atoms with Gasteiger partial charge in [0.2, 0.25) is 5.91 Å². The van der Waals surface area contributed by atoms with Gasteiger partial charge >= 0.3 is 5.97 Å². The maximum absolute atomic E-state index is 11.4. The maximum atomic E-state index is 11.4. The number of amides is 1. The molecule has 18 heavy (non-hydrogen) atoms. The lowest BCUT2D eigenvalue weighted by molar-refractivity contribution is -0.137. The number of carbonyl (C=O) groups is 2. The Bertz CT molecular complexity index is 422. The summed E-state index contributed by atoms with van der Waals surface area (Å²) in [6.45, 7) is 0.367. The molecule has 0 spiro atoms. The van der Waals surface area contributed by atoms with E-state index in [1.807, 2.05) is 6.07 Å². The molecule has 0 saturated carbocycles. The molecule has 5 nitrogen and oxygen atoms in total. The third kappa shape index (κ3) is 6.15. The van der Waals surface area contributed by atoms with Gasteiger partial charge in [-0.15, -0.1) is 11.8 Å². The molecule has 0 aliphatic carbocycles. The van der Waals surface area contributed by atoms with Crippen LogP contribution in [0, 0.1) is 0 Å². The number of hydrogen-bond acceptors (Lipinski definition) is 4. The fraction of sp³-hybridized carbons (Fsp3) is 0.333. The van der Waals surface area contributed by atoms with Crippen LogP contribution in [0.15, 0.2) is 29.2 Å². The first kappa shape index (κ1) is 14.4. The van der Waals surface area contributed by atoms with E-state index >= 15 is 0 Å². The Labute approximate surface area is 109 Å². The highest BCUT2D eigenvalue weighted by molar-refractivity contribution is 8.00. The van der Waals surface area contributed by atoms with Crippen molar-refractivity contribution in [1.29, 1.82) is 0 Å². The molecule has 0 aliphatic rings. The number of aliphatic carboxylic acids is 1. The Morgan fingerprint density at radius 1 is 1.33 bits per heavy atom. The summed E-state index contributed by atoms with van der Waals surface area (Å²) in [6.07, 6.45) is 0.484. The molecule has 0 bridgehead atoms. The molecule has 0 heterocycles. The van der Waals surface area contributed by atoms with Gasteiger partial charge in [-0.3, -0.25) is 9.59 Å². The molecule has 0 radical (unpaired) electrons. The van der Waals surface area contributed by atoms with Gasteiger partial charge in [0.1, 0.15) is 5.75 Å². The number of carboxylic acid groups (broad SMARTS) is 1. The van der Waals surface area contributed by atoms with Gasteiger partial charge in [-0.25, -0.2) is 0 Å². The first-order valence-electron chi connectivity index (χ1n) is 5.48. The number of nitrogens with one attached hydrogen (secondary N) is 1. The zero-order chi connectivity index (χ0) is 13.4. The molecule has 0 saturated heterocycles. The Hall–Kier alpha value is -1.69. The summed E-state index contributed by atoms with van der Waals surface area (Å²) in [7, 11) is 0. The average Bonchev–Trinajstić information content (AvgIpc) is 2.32. The Balaban J connectivity index is 2.19. The molecule has 1 rings (SSSR count). The van der Waals surface area contributed by atoms with Crippen molar-refractivity contribution >= 4 is 23.6 Å². The van der Waals surface area contributed by atoms with Gasteiger partial charge in [-0.1, -0.05) is 6.07 Å². The van der Waals surface area contributed by atoms with E-state index < -0.39 is 5.97 Å². The summed E-state index contributed by atoms with van der Waals surface area (Å²) in [4.78, 5) is 22.5. The van der Waals surface area contributed by atoms with Crippen LogP contribution in [0.25, 0.3) is 0 Å². The third-order valence-corrected chi connectivity index (χ3v) is 3.07. The monoisotopic (exact) mass is 269 g/mol.